The molecule has 1 N–H and O–H groups in total. The molecule has 2 rings (SSSR count). The molecule has 0 heterocycles. The van der Waals surface area contributed by atoms with Crippen LogP contribution < -0.4 is 5.32 Å². The van der Waals surface area contributed by atoms with Crippen molar-refractivity contribution in [3.63, 3.8) is 0 Å². The molecule has 0 atom stereocenters. The van der Waals surface area contributed by atoms with Gasteiger partial charge in [0.2, 0.25) is 0 Å². The van der Waals surface area contributed by atoms with Crippen molar-refractivity contribution >= 4 is 28.9 Å². The number of nitrogens with one attached hydrogen (secondary N) is 1. The highest BCUT2D eigenvalue weighted by atomic mass is 35.5. The van der Waals surface area contributed by atoms with E-state index in [1.807, 2.05) is 31.2 Å². The molecule has 0 radical (unpaired) electrons. The van der Waals surface area contributed by atoms with Crippen molar-refractivity contribution in [1.29, 1.82) is 0 Å². The first-order valence-corrected chi connectivity index (χ1v) is 9.21. The third kappa shape index (κ3) is 6.09. The van der Waals surface area contributed by atoms with E-state index in [4.69, 9.17) is 21.3 Å². The number of oxime groups is 2. The monoisotopic (exact) mass is 411 g/mol. The number of rotatable bonds is 6. The lowest BCUT2D eigenvalue weighted by Crippen LogP contribution is -2.29. The average molecular weight is 412 g/mol. The second-order valence-corrected chi connectivity index (χ2v) is 6.40. The number of likely N-dealkylation sites (N-methyl/N-ethyl adjacent to an activating group) is 1. The molecule has 0 aliphatic rings. The lowest BCUT2D eigenvalue weighted by molar-refractivity contribution is -0.114. The predicted octanol–water partition coefficient (Wildman–Crippen LogP) is 3.69. The lowest BCUT2D eigenvalue weighted by atomic mass is 10.0. The number of nitrogens with zero attached hydrogens (tertiary/aromatic N) is 2. The number of amides is 1. The molecule has 29 heavy (non-hydrogen) atoms. The molecule has 0 aromatic heterocycles. The van der Waals surface area contributed by atoms with Gasteiger partial charge in [-0.05, 0) is 31.4 Å². The number of carbonyl (C=O) groups excluding carboxylic acids is 1. The number of benzene rings is 2. The van der Waals surface area contributed by atoms with Crippen LogP contribution in [0.1, 0.15) is 29.2 Å². The van der Waals surface area contributed by atoms with Crippen LogP contribution in [0.15, 0.2) is 52.8 Å². The molecule has 0 spiro atoms. The maximum absolute atomic E-state index is 12.1. The summed E-state index contributed by atoms with van der Waals surface area (Å²) in [7, 11) is 2.91. The van der Waals surface area contributed by atoms with Gasteiger partial charge in [-0.1, -0.05) is 64.2 Å². The van der Waals surface area contributed by atoms with Gasteiger partial charge < -0.3 is 15.0 Å². The molecular formula is C22H22ClN3O3. The van der Waals surface area contributed by atoms with Gasteiger partial charge in [-0.3, -0.25) is 4.79 Å². The van der Waals surface area contributed by atoms with E-state index in [0.29, 0.717) is 16.3 Å². The zero-order valence-corrected chi connectivity index (χ0v) is 17.5. The smallest absolute Gasteiger partial charge is 0.273 e. The molecule has 2 aromatic rings. The molecule has 6 nitrogen and oxygen atoms in total. The van der Waals surface area contributed by atoms with Crippen LogP contribution in [-0.4, -0.2) is 31.5 Å². The average Bonchev–Trinajstić information content (AvgIpc) is 2.71. The van der Waals surface area contributed by atoms with Crippen molar-refractivity contribution in [2.24, 2.45) is 10.3 Å². The molecule has 0 saturated heterocycles. The van der Waals surface area contributed by atoms with Crippen LogP contribution in [0, 0.1) is 18.8 Å². The summed E-state index contributed by atoms with van der Waals surface area (Å²) in [5.74, 6) is 5.59. The van der Waals surface area contributed by atoms with Crippen molar-refractivity contribution in [2.75, 3.05) is 14.2 Å². The summed E-state index contributed by atoms with van der Waals surface area (Å²) in [4.78, 5) is 22.3. The van der Waals surface area contributed by atoms with Crippen molar-refractivity contribution in [3.05, 3.63) is 69.7 Å². The topological polar surface area (TPSA) is 72.3 Å². The first kappa shape index (κ1) is 22.0. The molecule has 0 aliphatic heterocycles. The van der Waals surface area contributed by atoms with Gasteiger partial charge >= 0.3 is 0 Å². The van der Waals surface area contributed by atoms with Gasteiger partial charge in [0, 0.05) is 23.7 Å². The molecule has 0 bridgehead atoms. The highest BCUT2D eigenvalue weighted by molar-refractivity contribution is 6.45. The van der Waals surface area contributed by atoms with Crippen LogP contribution in [0.25, 0.3) is 0 Å². The Morgan fingerprint density at radius 3 is 2.62 bits per heavy atom. The largest absolute Gasteiger partial charge is 0.398 e. The van der Waals surface area contributed by atoms with Gasteiger partial charge in [-0.2, -0.15) is 0 Å². The Bertz CT molecular complexity index is 984. The van der Waals surface area contributed by atoms with Crippen LogP contribution in [-0.2, 0) is 21.1 Å². The maximum Gasteiger partial charge on any atom is 0.273 e. The van der Waals surface area contributed by atoms with E-state index >= 15 is 0 Å². The molecule has 2 aromatic carbocycles. The standard InChI is InChI=1S/C22H22ClN3O3/c1-15-8-7-11-20(23)18(15)13-12-16(2)25-29-14-17-9-5-6-10-19(17)21(26-28-4)22(27)24-3/h5-11H,14H2,1-4H3,(H,24,27)/b25-16+,26-21+. The first-order valence-electron chi connectivity index (χ1n) is 8.83. The van der Waals surface area contributed by atoms with Gasteiger partial charge in [0.25, 0.3) is 5.91 Å². The van der Waals surface area contributed by atoms with Gasteiger partial charge in [0.1, 0.15) is 19.4 Å². The summed E-state index contributed by atoms with van der Waals surface area (Å²) in [6, 6.07) is 12.9. The summed E-state index contributed by atoms with van der Waals surface area (Å²) < 4.78 is 0. The summed E-state index contributed by atoms with van der Waals surface area (Å²) in [5, 5.41) is 11.0. The van der Waals surface area contributed by atoms with Gasteiger partial charge in [-0.25, -0.2) is 0 Å². The van der Waals surface area contributed by atoms with E-state index in [1.165, 1.54) is 14.2 Å². The summed E-state index contributed by atoms with van der Waals surface area (Å²) in [6.45, 7) is 3.83. The third-order valence-electron chi connectivity index (χ3n) is 3.91. The molecule has 0 aliphatic carbocycles. The molecule has 1 amide bonds. The van der Waals surface area contributed by atoms with Gasteiger partial charge in [0.15, 0.2) is 5.71 Å². The molecule has 7 heteroatoms. The van der Waals surface area contributed by atoms with E-state index in [2.05, 4.69) is 27.5 Å². The predicted molar refractivity (Wildman–Crippen MR) is 115 cm³/mol. The van der Waals surface area contributed by atoms with Crippen molar-refractivity contribution in [3.8, 4) is 11.8 Å². The zero-order valence-electron chi connectivity index (χ0n) is 16.7. The Labute approximate surface area is 175 Å². The highest BCUT2D eigenvalue weighted by Crippen LogP contribution is 2.18. The minimum atomic E-state index is -0.361. The van der Waals surface area contributed by atoms with E-state index in [1.54, 1.807) is 25.1 Å². The van der Waals surface area contributed by atoms with E-state index in [0.717, 1.165) is 16.7 Å². The van der Waals surface area contributed by atoms with Crippen LogP contribution in [0.5, 0.6) is 0 Å². The quantitative estimate of drug-likeness (QED) is 0.447. The van der Waals surface area contributed by atoms with Crippen molar-refractivity contribution < 1.29 is 14.5 Å². The minimum absolute atomic E-state index is 0.139. The van der Waals surface area contributed by atoms with Gasteiger partial charge in [0.05, 0.1) is 5.02 Å². The molecular weight excluding hydrogens is 390 g/mol. The third-order valence-corrected chi connectivity index (χ3v) is 4.22. The fourth-order valence-electron chi connectivity index (χ4n) is 2.46. The summed E-state index contributed by atoms with van der Waals surface area (Å²) >= 11 is 6.18. The highest BCUT2D eigenvalue weighted by Gasteiger charge is 2.17. The van der Waals surface area contributed by atoms with E-state index in [-0.39, 0.29) is 18.2 Å². The molecule has 150 valence electrons. The van der Waals surface area contributed by atoms with Crippen molar-refractivity contribution in [2.45, 2.75) is 20.5 Å². The second kappa shape index (κ2) is 10.9. The van der Waals surface area contributed by atoms with Crippen LogP contribution in [0.2, 0.25) is 5.02 Å². The van der Waals surface area contributed by atoms with E-state index in [9.17, 15) is 4.79 Å². The van der Waals surface area contributed by atoms with E-state index < -0.39 is 0 Å². The number of halogens is 1. The Morgan fingerprint density at radius 1 is 1.17 bits per heavy atom. The lowest BCUT2D eigenvalue weighted by Gasteiger charge is -2.09. The van der Waals surface area contributed by atoms with Crippen molar-refractivity contribution in [1.82, 2.24) is 5.32 Å². The number of carbonyl (C=O) groups is 1. The normalized spacial score (nSPS) is 11.3. The van der Waals surface area contributed by atoms with Gasteiger partial charge in [-0.15, -0.1) is 0 Å². The van der Waals surface area contributed by atoms with Crippen LogP contribution >= 0.6 is 11.6 Å². The van der Waals surface area contributed by atoms with Crippen LogP contribution in [0.3, 0.4) is 0 Å². The van der Waals surface area contributed by atoms with Crippen LogP contribution in [0.4, 0.5) is 0 Å². The number of hydrogen-bond acceptors (Lipinski definition) is 5. The second-order valence-electron chi connectivity index (χ2n) is 5.99. The number of hydrogen-bond donors (Lipinski definition) is 1. The first-order chi connectivity index (χ1) is 14.0. The zero-order chi connectivity index (χ0) is 21.2. The summed E-state index contributed by atoms with van der Waals surface area (Å²) in [5.41, 5.74) is 3.74. The molecule has 0 unspecified atom stereocenters. The Morgan fingerprint density at radius 2 is 1.93 bits per heavy atom. The SMILES string of the molecule is CNC(=O)/C(=N/OC)c1ccccc1CO/N=C(\C)C#Cc1c(C)cccc1Cl. The molecule has 0 saturated carbocycles. The molecule has 0 fully saturated rings. The minimum Gasteiger partial charge on any atom is -0.398 e. The Balaban J connectivity index is 2.16. The fourth-order valence-corrected chi connectivity index (χ4v) is 2.73. The Kier molecular flexibility index (Phi) is 8.26. The maximum atomic E-state index is 12.1. The fraction of sp³-hybridized carbons (Fsp3) is 0.227. The summed E-state index contributed by atoms with van der Waals surface area (Å²) in [6.07, 6.45) is 0. The number of aryl methyl sites for hydroxylation is 1. The Hall–Kier alpha value is -3.30.